The molecular weight excluding hydrogens is 577 g/mol. The maximum absolute atomic E-state index is 10.2. The van der Waals surface area contributed by atoms with Crippen LogP contribution in [0.1, 0.15) is 37.0 Å². The van der Waals surface area contributed by atoms with E-state index in [0.29, 0.717) is 0 Å². The van der Waals surface area contributed by atoms with Crippen LogP contribution in [0.4, 0.5) is 0 Å². The van der Waals surface area contributed by atoms with Gasteiger partial charge in [0.15, 0.2) is 0 Å². The molecule has 0 nitrogen and oxygen atoms in total. The van der Waals surface area contributed by atoms with Crippen molar-refractivity contribution >= 4 is 75.4 Å². The predicted molar refractivity (Wildman–Crippen MR) is 208 cm³/mol. The highest BCUT2D eigenvalue weighted by atomic mass is 14.2. The highest BCUT2D eigenvalue weighted by molar-refractivity contribution is 6.27. The molecule has 0 N–H and O–H groups in total. The van der Waals surface area contributed by atoms with E-state index >= 15 is 0 Å². The average molecular weight is 632 g/mol. The van der Waals surface area contributed by atoms with Crippen LogP contribution < -0.4 is 0 Å². The lowest BCUT2D eigenvalue weighted by molar-refractivity contribution is 1.61. The van der Waals surface area contributed by atoms with E-state index in [1.807, 2.05) is 0 Å². The van der Waals surface area contributed by atoms with Gasteiger partial charge in [0.1, 0.15) is 0 Å². The van der Waals surface area contributed by atoms with Crippen molar-refractivity contribution < 1.29 is 37.0 Å². The summed E-state index contributed by atoms with van der Waals surface area (Å²) in [6.45, 7) is 0. The van der Waals surface area contributed by atoms with E-state index in [0.717, 1.165) is 6.07 Å². The first-order valence-electron chi connectivity index (χ1n) is 28.1. The average Bonchev–Trinajstić information content (AvgIpc) is 3.36. The van der Waals surface area contributed by atoms with Crippen LogP contribution in [0.2, 0.25) is 0 Å². The summed E-state index contributed by atoms with van der Waals surface area (Å²) in [6.07, 6.45) is 0. The van der Waals surface area contributed by atoms with Crippen LogP contribution in [0, 0.1) is 0 Å². The standard InChI is InChI=1S/C48H28/c1-2-12-37-35(7-1)27-36(28-44(37)41-24-20-34-18-16-30-9-6-11-32-22-26-43(41)48(34)46(30)32)38-13-3-4-14-39(38)40-23-19-33-17-15-29-8-5-10-31-21-25-42(40)47(33)45(29)31/h1-28H/i1D,2D,3D,4D,5D,6D,7D,8D,10D,11D,12D,13D,14D,15D,16D,17D,18D,19D,20D,21D,22D,23D,24D,25D,26D,27D,28D. The molecule has 0 aliphatic heterocycles. The van der Waals surface area contributed by atoms with E-state index in [1.165, 1.54) is 0 Å². The summed E-state index contributed by atoms with van der Waals surface area (Å²) < 4.78 is 248. The van der Waals surface area contributed by atoms with Gasteiger partial charge in [-0.2, -0.15) is 0 Å². The third-order valence-corrected chi connectivity index (χ3v) is 8.57. The van der Waals surface area contributed by atoms with E-state index in [9.17, 15) is 19.2 Å². The van der Waals surface area contributed by atoms with Crippen molar-refractivity contribution in [3.8, 4) is 33.4 Å². The van der Waals surface area contributed by atoms with Gasteiger partial charge in [-0.05, 0) is 121 Å². The zero-order chi connectivity index (χ0) is 54.8. The van der Waals surface area contributed by atoms with Crippen LogP contribution >= 0.6 is 0 Å². The zero-order valence-electron chi connectivity index (χ0n) is 51.1. The van der Waals surface area contributed by atoms with E-state index in [-0.39, 0.29) is 32.3 Å². The molecule has 0 heteroatoms. The number of hydrogen-bond donors (Lipinski definition) is 0. The summed E-state index contributed by atoms with van der Waals surface area (Å²) in [6, 6.07) is -21.8. The largest absolute Gasteiger partial charge is 0.0636 e. The van der Waals surface area contributed by atoms with Crippen LogP contribution in [0.25, 0.3) is 109 Å². The second-order valence-corrected chi connectivity index (χ2v) is 11.1. The molecule has 0 atom stereocenters. The third kappa shape index (κ3) is 3.55. The van der Waals surface area contributed by atoms with Crippen LogP contribution in [0.15, 0.2) is 169 Å². The molecule has 11 aromatic rings. The summed E-state index contributed by atoms with van der Waals surface area (Å²) >= 11 is 0. The third-order valence-electron chi connectivity index (χ3n) is 8.57. The SMILES string of the molecule is [2H]c1cc2c([2H])c([2H])c3c([2H])c([2H])c(-c4c([2H])c(-c5c([2H])c([2H])c([2H])c([2H])c5-c5c([2H])c([2H])c6c([2H])c([2H])c7c([2H])c([2H])c([2H])c8c([2H])c([2H])c5c6c78)c([2H])c5c([2H])c([2H])c([2H])c([2H])c45)c4c([2H])c([2H])c(c1[2H])c2c34. The molecule has 0 aromatic heterocycles. The molecule has 0 spiro atoms. The molecule has 220 valence electrons. The normalized spacial score (nSPS) is 20.0. The topological polar surface area (TPSA) is 0 Å². The van der Waals surface area contributed by atoms with Gasteiger partial charge in [-0.25, -0.2) is 0 Å². The zero-order valence-corrected chi connectivity index (χ0v) is 24.1. The van der Waals surface area contributed by atoms with Crippen molar-refractivity contribution in [2.45, 2.75) is 0 Å². The Labute approximate surface area is 315 Å². The van der Waals surface area contributed by atoms with Crippen molar-refractivity contribution in [3.63, 3.8) is 0 Å². The minimum absolute atomic E-state index is 0.155. The maximum Gasteiger partial charge on any atom is 0.0636 e. The van der Waals surface area contributed by atoms with Crippen molar-refractivity contribution in [3.05, 3.63) is 169 Å². The van der Waals surface area contributed by atoms with Gasteiger partial charge in [0.25, 0.3) is 0 Å². The monoisotopic (exact) mass is 631 g/mol. The molecule has 11 aromatic carbocycles. The Kier molecular flexibility index (Phi) is 2.25. The van der Waals surface area contributed by atoms with E-state index in [1.54, 1.807) is 0 Å². The Morgan fingerprint density at radius 2 is 0.771 bits per heavy atom. The molecule has 0 unspecified atom stereocenters. The lowest BCUT2D eigenvalue weighted by Crippen LogP contribution is -1.92. The van der Waals surface area contributed by atoms with Crippen molar-refractivity contribution in [2.24, 2.45) is 0 Å². The molecule has 0 aliphatic rings. The van der Waals surface area contributed by atoms with E-state index < -0.39 is 240 Å². The van der Waals surface area contributed by atoms with Gasteiger partial charge >= 0.3 is 0 Å². The quantitative estimate of drug-likeness (QED) is 0.170. The highest BCUT2D eigenvalue weighted by Crippen LogP contribution is 2.45. The van der Waals surface area contributed by atoms with Gasteiger partial charge < -0.3 is 0 Å². The fourth-order valence-electron chi connectivity index (χ4n) is 6.50. The van der Waals surface area contributed by atoms with E-state index in [2.05, 4.69) is 0 Å². The molecular formula is C48H28. The number of rotatable bonds is 3. The molecule has 0 aliphatic carbocycles. The molecule has 0 amide bonds. The molecule has 0 bridgehead atoms. The van der Waals surface area contributed by atoms with Gasteiger partial charge in [0.2, 0.25) is 0 Å². The molecule has 0 heterocycles. The molecule has 0 fully saturated rings. The molecule has 0 radical (unpaired) electrons. The maximum atomic E-state index is 10.2. The van der Waals surface area contributed by atoms with Crippen molar-refractivity contribution in [1.82, 2.24) is 0 Å². The van der Waals surface area contributed by atoms with Crippen molar-refractivity contribution in [2.75, 3.05) is 0 Å². The van der Waals surface area contributed by atoms with Crippen LogP contribution in [-0.2, 0) is 0 Å². The molecule has 0 saturated carbocycles. The van der Waals surface area contributed by atoms with Crippen LogP contribution in [0.5, 0.6) is 0 Å². The predicted octanol–water partition coefficient (Wildman–Crippen LogP) is 13.6. The van der Waals surface area contributed by atoms with Crippen LogP contribution in [0.3, 0.4) is 0 Å². The first kappa shape index (κ1) is 11.2. The van der Waals surface area contributed by atoms with Gasteiger partial charge in [-0.3, -0.25) is 0 Å². The van der Waals surface area contributed by atoms with Crippen molar-refractivity contribution in [1.29, 1.82) is 0 Å². The first-order chi connectivity index (χ1) is 35.1. The summed E-state index contributed by atoms with van der Waals surface area (Å²) in [5.74, 6) is 0. The molecule has 48 heavy (non-hydrogen) atoms. The van der Waals surface area contributed by atoms with E-state index in [4.69, 9.17) is 17.8 Å². The van der Waals surface area contributed by atoms with Gasteiger partial charge in [-0.1, -0.05) is 157 Å². The minimum Gasteiger partial charge on any atom is -0.0616 e. The Morgan fingerprint density at radius 3 is 1.50 bits per heavy atom. The number of benzene rings is 11. The number of fused-ring (bicyclic) bond motifs is 1. The molecule has 0 saturated heterocycles. The minimum atomic E-state index is -1.07. The molecule has 11 rings (SSSR count). The van der Waals surface area contributed by atoms with Gasteiger partial charge in [0, 0.05) is 0 Å². The Balaban J connectivity index is 1.44. The highest BCUT2D eigenvalue weighted by Gasteiger charge is 2.18. The second-order valence-electron chi connectivity index (χ2n) is 11.1. The fraction of sp³-hybridized carbons (Fsp3) is 0. The van der Waals surface area contributed by atoms with Gasteiger partial charge in [0.05, 0.1) is 37.0 Å². The van der Waals surface area contributed by atoms with Crippen LogP contribution in [-0.4, -0.2) is 0 Å². The smallest absolute Gasteiger partial charge is 0.0616 e. The lowest BCUT2D eigenvalue weighted by atomic mass is 9.85. The Hall–Kier alpha value is -6.24. The summed E-state index contributed by atoms with van der Waals surface area (Å²) in [5, 5.41) is -5.90. The summed E-state index contributed by atoms with van der Waals surface area (Å²) in [5.41, 5.74) is -4.78. The summed E-state index contributed by atoms with van der Waals surface area (Å²) in [7, 11) is 0. The van der Waals surface area contributed by atoms with Gasteiger partial charge in [-0.15, -0.1) is 0 Å². The fourth-order valence-corrected chi connectivity index (χ4v) is 6.50. The summed E-state index contributed by atoms with van der Waals surface area (Å²) in [4.78, 5) is 0. The first-order valence-corrected chi connectivity index (χ1v) is 14.6. The number of hydrogen-bond acceptors (Lipinski definition) is 0. The second kappa shape index (κ2) is 9.64. The lowest BCUT2D eigenvalue weighted by Gasteiger charge is -2.19. The Morgan fingerprint density at radius 1 is 0.271 bits per heavy atom. The Bertz CT molecular complexity index is 4570.